The van der Waals surface area contributed by atoms with E-state index in [1.165, 1.54) is 22.0 Å². The highest BCUT2D eigenvalue weighted by molar-refractivity contribution is 7.89. The molecule has 126 valence electrons. The van der Waals surface area contributed by atoms with Crippen LogP contribution in [0.5, 0.6) is 0 Å². The Bertz CT molecular complexity index is 666. The summed E-state index contributed by atoms with van der Waals surface area (Å²) in [4.78, 5) is 15.6. The lowest BCUT2D eigenvalue weighted by Crippen LogP contribution is -3.11. The third-order valence-corrected chi connectivity index (χ3v) is 6.52. The average Bonchev–Trinajstić information content (AvgIpc) is 3.19. The van der Waals surface area contributed by atoms with Gasteiger partial charge in [-0.25, -0.2) is 8.42 Å². The van der Waals surface area contributed by atoms with Crippen LogP contribution in [-0.4, -0.2) is 62.9 Å². The van der Waals surface area contributed by atoms with E-state index in [-0.39, 0.29) is 12.6 Å². The van der Waals surface area contributed by atoms with E-state index >= 15 is 0 Å². The molecule has 0 bridgehead atoms. The molecule has 23 heavy (non-hydrogen) atoms. The maximum atomic E-state index is 12.6. The van der Waals surface area contributed by atoms with Crippen molar-refractivity contribution in [2.24, 2.45) is 0 Å². The van der Waals surface area contributed by atoms with Gasteiger partial charge in [-0.15, -0.1) is 0 Å². The second-order valence-electron chi connectivity index (χ2n) is 6.43. The van der Waals surface area contributed by atoms with Gasteiger partial charge in [-0.05, 0) is 19.1 Å². The van der Waals surface area contributed by atoms with Crippen molar-refractivity contribution in [2.45, 2.75) is 24.7 Å². The standard InChI is InChI=1S/C16H23N3O3S/c1-14-4-6-15(7-5-14)23(21,22)19-11-10-18(13-19)16(20)12-17-8-2-3-9-17/h4-7H,2-3,8-13H2,1H3/p+1. The second kappa shape index (κ2) is 6.59. The molecular formula is C16H24N3O3S+. The summed E-state index contributed by atoms with van der Waals surface area (Å²) < 4.78 is 26.7. The zero-order valence-corrected chi connectivity index (χ0v) is 14.3. The Morgan fingerprint density at radius 3 is 2.43 bits per heavy atom. The highest BCUT2D eigenvalue weighted by Crippen LogP contribution is 2.19. The zero-order chi connectivity index (χ0) is 16.4. The van der Waals surface area contributed by atoms with Crippen molar-refractivity contribution in [2.75, 3.05) is 39.4 Å². The van der Waals surface area contributed by atoms with Crippen LogP contribution in [0.2, 0.25) is 0 Å². The fourth-order valence-corrected chi connectivity index (χ4v) is 4.59. The average molecular weight is 338 g/mol. The first-order chi connectivity index (χ1) is 11.0. The molecular weight excluding hydrogens is 314 g/mol. The number of likely N-dealkylation sites (tertiary alicyclic amines) is 1. The maximum absolute atomic E-state index is 12.6. The Morgan fingerprint density at radius 2 is 1.78 bits per heavy atom. The summed E-state index contributed by atoms with van der Waals surface area (Å²) in [5.41, 5.74) is 1.02. The molecule has 0 aromatic heterocycles. The van der Waals surface area contributed by atoms with E-state index in [9.17, 15) is 13.2 Å². The maximum Gasteiger partial charge on any atom is 0.278 e. The minimum Gasteiger partial charge on any atom is -0.327 e. The van der Waals surface area contributed by atoms with Crippen LogP contribution in [0.15, 0.2) is 29.2 Å². The third-order valence-electron chi connectivity index (χ3n) is 4.67. The molecule has 0 spiro atoms. The molecule has 2 fully saturated rings. The smallest absolute Gasteiger partial charge is 0.278 e. The molecule has 2 heterocycles. The van der Waals surface area contributed by atoms with Crippen molar-refractivity contribution in [3.63, 3.8) is 0 Å². The molecule has 3 rings (SSSR count). The first-order valence-corrected chi connectivity index (χ1v) is 9.59. The van der Waals surface area contributed by atoms with Crippen molar-refractivity contribution in [3.8, 4) is 0 Å². The number of quaternary nitrogens is 1. The third kappa shape index (κ3) is 3.57. The van der Waals surface area contributed by atoms with Crippen molar-refractivity contribution >= 4 is 15.9 Å². The number of rotatable bonds is 4. The van der Waals surface area contributed by atoms with Crippen molar-refractivity contribution in [1.29, 1.82) is 0 Å². The quantitative estimate of drug-likeness (QED) is 0.802. The number of amides is 1. The van der Waals surface area contributed by atoms with Gasteiger partial charge in [0.2, 0.25) is 10.0 Å². The lowest BCUT2D eigenvalue weighted by atomic mass is 10.2. The second-order valence-corrected chi connectivity index (χ2v) is 8.36. The topological polar surface area (TPSA) is 62.1 Å². The van der Waals surface area contributed by atoms with Crippen molar-refractivity contribution in [1.82, 2.24) is 9.21 Å². The molecule has 0 saturated carbocycles. The number of sulfonamides is 1. The highest BCUT2D eigenvalue weighted by atomic mass is 32.2. The summed E-state index contributed by atoms with van der Waals surface area (Å²) in [5, 5.41) is 0. The van der Waals surface area contributed by atoms with E-state index in [1.54, 1.807) is 29.2 Å². The van der Waals surface area contributed by atoms with Crippen LogP contribution in [0.4, 0.5) is 0 Å². The van der Waals surface area contributed by atoms with Crippen LogP contribution in [-0.2, 0) is 14.8 Å². The summed E-state index contributed by atoms with van der Waals surface area (Å²) in [7, 11) is -3.52. The molecule has 0 radical (unpaired) electrons. The fraction of sp³-hybridized carbons (Fsp3) is 0.562. The number of hydrogen-bond donors (Lipinski definition) is 1. The summed E-state index contributed by atoms with van der Waals surface area (Å²) in [5.74, 6) is 0.0588. The Balaban J connectivity index is 1.64. The van der Waals surface area contributed by atoms with Gasteiger partial charge in [-0.3, -0.25) is 4.79 Å². The monoisotopic (exact) mass is 338 g/mol. The van der Waals surface area contributed by atoms with E-state index in [4.69, 9.17) is 0 Å². The Hall–Kier alpha value is -1.44. The van der Waals surface area contributed by atoms with Gasteiger partial charge < -0.3 is 9.80 Å². The minimum absolute atomic E-state index is 0.0588. The molecule has 2 aliphatic heterocycles. The van der Waals surface area contributed by atoms with Gasteiger partial charge in [-0.2, -0.15) is 4.31 Å². The number of aryl methyl sites for hydroxylation is 1. The Labute approximate surface area is 137 Å². The van der Waals surface area contributed by atoms with Gasteiger partial charge in [0.1, 0.15) is 0 Å². The van der Waals surface area contributed by atoms with E-state index in [0.717, 1.165) is 18.7 Å². The van der Waals surface area contributed by atoms with Crippen LogP contribution in [0, 0.1) is 6.92 Å². The molecule has 6 nitrogen and oxygen atoms in total. The van der Waals surface area contributed by atoms with E-state index in [2.05, 4.69) is 0 Å². The number of nitrogens with zero attached hydrogens (tertiary/aromatic N) is 2. The highest BCUT2D eigenvalue weighted by Gasteiger charge is 2.34. The van der Waals surface area contributed by atoms with Gasteiger partial charge in [0, 0.05) is 25.9 Å². The molecule has 1 aromatic carbocycles. The van der Waals surface area contributed by atoms with Crippen LogP contribution < -0.4 is 4.90 Å². The first kappa shape index (κ1) is 16.4. The minimum atomic E-state index is -3.52. The lowest BCUT2D eigenvalue weighted by Gasteiger charge is -2.20. The number of hydrogen-bond acceptors (Lipinski definition) is 3. The lowest BCUT2D eigenvalue weighted by molar-refractivity contribution is -0.879. The van der Waals surface area contributed by atoms with E-state index in [1.807, 2.05) is 6.92 Å². The largest absolute Gasteiger partial charge is 0.327 e. The molecule has 1 aromatic rings. The van der Waals surface area contributed by atoms with Gasteiger partial charge in [-0.1, -0.05) is 17.7 Å². The molecule has 0 unspecified atom stereocenters. The van der Waals surface area contributed by atoms with Crippen molar-refractivity contribution < 1.29 is 18.1 Å². The van der Waals surface area contributed by atoms with E-state index < -0.39 is 10.0 Å². The molecule has 2 saturated heterocycles. The zero-order valence-electron chi connectivity index (χ0n) is 13.5. The van der Waals surface area contributed by atoms with E-state index in [0.29, 0.717) is 24.5 Å². The Kier molecular flexibility index (Phi) is 4.70. The van der Waals surface area contributed by atoms with Gasteiger partial charge in [0.15, 0.2) is 6.54 Å². The van der Waals surface area contributed by atoms with Crippen LogP contribution in [0.1, 0.15) is 18.4 Å². The van der Waals surface area contributed by atoms with Crippen LogP contribution >= 0.6 is 0 Å². The van der Waals surface area contributed by atoms with Crippen molar-refractivity contribution in [3.05, 3.63) is 29.8 Å². The van der Waals surface area contributed by atoms with Crippen LogP contribution in [0.25, 0.3) is 0 Å². The Morgan fingerprint density at radius 1 is 1.13 bits per heavy atom. The van der Waals surface area contributed by atoms with Crippen LogP contribution in [0.3, 0.4) is 0 Å². The molecule has 0 atom stereocenters. The molecule has 0 aliphatic carbocycles. The van der Waals surface area contributed by atoms with Gasteiger partial charge >= 0.3 is 0 Å². The first-order valence-electron chi connectivity index (χ1n) is 8.15. The van der Waals surface area contributed by atoms with Gasteiger partial charge in [0.05, 0.1) is 24.7 Å². The predicted octanol–water partition coefficient (Wildman–Crippen LogP) is -0.536. The number of benzene rings is 1. The number of nitrogens with one attached hydrogen (secondary N) is 1. The summed E-state index contributed by atoms with van der Waals surface area (Å²) in [6, 6.07) is 6.85. The summed E-state index contributed by atoms with van der Waals surface area (Å²) in [6.45, 7) is 5.53. The SMILES string of the molecule is Cc1ccc(S(=O)(=O)N2CCN(C(=O)C[NH+]3CCCC3)C2)cc1. The fourth-order valence-electron chi connectivity index (χ4n) is 3.20. The number of carbonyl (C=O) groups excluding carboxylic acids is 1. The number of carbonyl (C=O) groups is 1. The molecule has 1 N–H and O–H groups in total. The molecule has 2 aliphatic rings. The molecule has 7 heteroatoms. The molecule has 1 amide bonds. The van der Waals surface area contributed by atoms with Gasteiger partial charge in [0.25, 0.3) is 5.91 Å². The summed E-state index contributed by atoms with van der Waals surface area (Å²) >= 11 is 0. The summed E-state index contributed by atoms with van der Waals surface area (Å²) in [6.07, 6.45) is 2.35. The normalized spacial score (nSPS) is 20.3. The predicted molar refractivity (Wildman–Crippen MR) is 86.4 cm³/mol.